The Bertz CT molecular complexity index is 1670. The molecular weight excluding hydrogens is 641 g/mol. The van der Waals surface area contributed by atoms with Crippen molar-refractivity contribution in [3.8, 4) is 11.8 Å². The van der Waals surface area contributed by atoms with E-state index >= 15 is 0 Å². The maximum Gasteiger partial charge on any atom is 0.459 e. The van der Waals surface area contributed by atoms with Gasteiger partial charge in [-0.3, -0.25) is 14.1 Å². The minimum absolute atomic E-state index is 0.112. The van der Waals surface area contributed by atoms with Crippen LogP contribution in [0.1, 0.15) is 60.1 Å². The lowest BCUT2D eigenvalue weighted by Gasteiger charge is -2.34. The van der Waals surface area contributed by atoms with Crippen molar-refractivity contribution in [1.29, 1.82) is 5.26 Å². The lowest BCUT2D eigenvalue weighted by molar-refractivity contribution is -0.168. The van der Waals surface area contributed by atoms with E-state index in [1.54, 1.807) is 56.3 Å². The molecule has 0 radical (unpaired) electrons. The SMILES string of the molecule is CCC(CC)COC(=O)[C@H](C)NP(=O)(OC[C@H]1O[C@@](C#N)(c2ccc3c(N)ccnn23)[C@](C)(O)[C@@H]1OC(=O)C(C)C)Oc1ccccc1. The molecule has 3 heterocycles. The maximum atomic E-state index is 14.3. The van der Waals surface area contributed by atoms with Gasteiger partial charge in [-0.15, -0.1) is 0 Å². The van der Waals surface area contributed by atoms with Crippen LogP contribution in [0.15, 0.2) is 54.7 Å². The molecule has 15 heteroatoms. The van der Waals surface area contributed by atoms with Crippen LogP contribution in [0, 0.1) is 23.2 Å². The van der Waals surface area contributed by atoms with Crippen molar-refractivity contribution in [1.82, 2.24) is 14.7 Å². The first-order valence-electron chi connectivity index (χ1n) is 15.9. The number of para-hydroxylation sites is 1. The van der Waals surface area contributed by atoms with Gasteiger partial charge in [0.1, 0.15) is 29.6 Å². The number of carbonyl (C=O) groups excluding carboxylic acids is 2. The van der Waals surface area contributed by atoms with Crippen LogP contribution in [0.4, 0.5) is 5.69 Å². The lowest BCUT2D eigenvalue weighted by atomic mass is 9.80. The summed E-state index contributed by atoms with van der Waals surface area (Å²) in [6.07, 6.45) is 0.221. The Hall–Kier alpha value is -3.99. The molecule has 6 atom stereocenters. The van der Waals surface area contributed by atoms with Gasteiger partial charge in [0, 0.05) is 6.20 Å². The van der Waals surface area contributed by atoms with E-state index in [0.29, 0.717) is 11.2 Å². The molecule has 0 spiro atoms. The van der Waals surface area contributed by atoms with Gasteiger partial charge >= 0.3 is 19.7 Å². The molecule has 1 fully saturated rings. The molecule has 1 aliphatic rings. The number of ether oxygens (including phenoxy) is 3. The normalized spacial score (nSPS) is 24.2. The fourth-order valence-electron chi connectivity index (χ4n) is 5.39. The van der Waals surface area contributed by atoms with E-state index in [1.807, 2.05) is 13.8 Å². The van der Waals surface area contributed by atoms with Gasteiger partial charge in [-0.2, -0.15) is 15.4 Å². The molecule has 48 heavy (non-hydrogen) atoms. The number of anilines is 1. The molecule has 4 N–H and O–H groups in total. The standard InChI is InChI=1S/C33H44N5O9P/c1-7-23(8-2)18-43-31(40)22(5)37-48(42,47-24-12-10-9-11-13-24)44-19-27-29(45-30(39)21(3)4)32(6,41)33(20-34,46-27)28-15-14-26-25(35)16-17-36-38(26)28/h9-17,21-23,27,29,41H,7-8,18-19,35H2,1-6H3,(H,37,42)/t22-,27+,29+,32+,33-,48?/m0/s1. The van der Waals surface area contributed by atoms with Crippen molar-refractivity contribution < 1.29 is 42.5 Å². The summed E-state index contributed by atoms with van der Waals surface area (Å²) in [7, 11) is -4.41. The van der Waals surface area contributed by atoms with Crippen LogP contribution in [0.5, 0.6) is 5.75 Å². The highest BCUT2D eigenvalue weighted by atomic mass is 31.2. The number of hydrogen-bond acceptors (Lipinski definition) is 12. The second-order valence-corrected chi connectivity index (χ2v) is 14.0. The van der Waals surface area contributed by atoms with E-state index in [2.05, 4.69) is 16.3 Å². The third kappa shape index (κ3) is 7.51. The molecule has 3 aromatic rings. The third-order valence-corrected chi connectivity index (χ3v) is 10.1. The zero-order valence-electron chi connectivity index (χ0n) is 28.0. The molecule has 0 bridgehead atoms. The van der Waals surface area contributed by atoms with Crippen molar-refractivity contribution in [2.75, 3.05) is 18.9 Å². The Labute approximate surface area is 280 Å². The number of nitrogens with two attached hydrogens (primary N) is 1. The Morgan fingerprint density at radius 3 is 2.46 bits per heavy atom. The molecule has 0 amide bonds. The van der Waals surface area contributed by atoms with Gasteiger partial charge in [0.05, 0.1) is 36.0 Å². The van der Waals surface area contributed by atoms with Crippen molar-refractivity contribution in [3.63, 3.8) is 0 Å². The summed E-state index contributed by atoms with van der Waals surface area (Å²) in [5, 5.41) is 29.6. The molecule has 0 saturated carbocycles. The quantitative estimate of drug-likeness (QED) is 0.149. The summed E-state index contributed by atoms with van der Waals surface area (Å²) in [6, 6.07) is 13.8. The largest absolute Gasteiger partial charge is 0.464 e. The number of nitrogen functional groups attached to an aromatic ring is 1. The number of benzene rings is 1. The topological polar surface area (TPSA) is 197 Å². The first kappa shape index (κ1) is 36.8. The number of aliphatic hydroxyl groups is 1. The number of nitriles is 1. The second-order valence-electron chi connectivity index (χ2n) is 12.3. The highest BCUT2D eigenvalue weighted by Gasteiger charge is 2.67. The van der Waals surface area contributed by atoms with Gasteiger partial charge < -0.3 is 29.6 Å². The van der Waals surface area contributed by atoms with E-state index in [9.17, 15) is 24.5 Å². The van der Waals surface area contributed by atoms with Gasteiger partial charge in [0.2, 0.25) is 5.60 Å². The van der Waals surface area contributed by atoms with Gasteiger partial charge in [-0.05, 0) is 50.1 Å². The van der Waals surface area contributed by atoms with Crippen LogP contribution in [0.25, 0.3) is 5.52 Å². The van der Waals surface area contributed by atoms with Crippen LogP contribution in [0.3, 0.4) is 0 Å². The number of rotatable bonds is 15. The lowest BCUT2D eigenvalue weighted by Crippen LogP contribution is -2.54. The molecule has 14 nitrogen and oxygen atoms in total. The summed E-state index contributed by atoms with van der Waals surface area (Å²) in [5.41, 5.74) is 2.69. The number of aromatic nitrogens is 2. The van der Waals surface area contributed by atoms with Crippen LogP contribution in [-0.4, -0.2) is 63.7 Å². The average molecular weight is 686 g/mol. The molecule has 1 unspecified atom stereocenters. The fraction of sp³-hybridized carbons (Fsp3) is 0.515. The van der Waals surface area contributed by atoms with Gasteiger partial charge in [-0.1, -0.05) is 58.7 Å². The van der Waals surface area contributed by atoms with Crippen LogP contribution in [0.2, 0.25) is 0 Å². The highest BCUT2D eigenvalue weighted by molar-refractivity contribution is 7.52. The Morgan fingerprint density at radius 2 is 1.83 bits per heavy atom. The minimum atomic E-state index is -4.41. The molecule has 0 aliphatic carbocycles. The van der Waals surface area contributed by atoms with Crippen LogP contribution in [-0.2, 0) is 38.5 Å². The molecule has 4 rings (SSSR count). The summed E-state index contributed by atoms with van der Waals surface area (Å²) in [5.74, 6) is -1.60. The smallest absolute Gasteiger partial charge is 0.459 e. The van der Waals surface area contributed by atoms with E-state index < -0.39 is 61.7 Å². The van der Waals surface area contributed by atoms with Gasteiger partial charge in [0.25, 0.3) is 0 Å². The maximum absolute atomic E-state index is 14.3. The molecule has 260 valence electrons. The monoisotopic (exact) mass is 685 g/mol. The van der Waals surface area contributed by atoms with E-state index in [1.165, 1.54) is 30.6 Å². The number of nitrogens with zero attached hydrogens (tertiary/aromatic N) is 3. The van der Waals surface area contributed by atoms with Crippen molar-refractivity contribution in [2.24, 2.45) is 11.8 Å². The molecule has 1 aromatic carbocycles. The zero-order chi connectivity index (χ0) is 35.3. The minimum Gasteiger partial charge on any atom is -0.464 e. The predicted octanol–water partition coefficient (Wildman–Crippen LogP) is 4.51. The molecular formula is C33H44N5O9P. The highest BCUT2D eigenvalue weighted by Crippen LogP contribution is 2.51. The summed E-state index contributed by atoms with van der Waals surface area (Å²) in [6.45, 7) is 9.57. The van der Waals surface area contributed by atoms with Crippen molar-refractivity contribution in [3.05, 3.63) is 60.4 Å². The van der Waals surface area contributed by atoms with Gasteiger partial charge in [0.15, 0.2) is 6.10 Å². The second kappa shape index (κ2) is 15.1. The number of fused-ring (bicyclic) bond motifs is 1. The molecule has 2 aromatic heterocycles. The first-order chi connectivity index (χ1) is 22.7. The summed E-state index contributed by atoms with van der Waals surface area (Å²) >= 11 is 0. The van der Waals surface area contributed by atoms with Crippen LogP contribution >= 0.6 is 7.75 Å². The van der Waals surface area contributed by atoms with E-state index in [0.717, 1.165) is 12.8 Å². The Kier molecular flexibility index (Phi) is 11.6. The average Bonchev–Trinajstić information content (AvgIpc) is 3.58. The fourth-order valence-corrected chi connectivity index (χ4v) is 6.89. The zero-order valence-corrected chi connectivity index (χ0v) is 28.9. The van der Waals surface area contributed by atoms with Crippen LogP contribution < -0.4 is 15.3 Å². The van der Waals surface area contributed by atoms with Crippen molar-refractivity contribution in [2.45, 2.75) is 83.8 Å². The van der Waals surface area contributed by atoms with E-state index in [-0.39, 0.29) is 24.0 Å². The van der Waals surface area contributed by atoms with Crippen molar-refractivity contribution >= 4 is 30.9 Å². The molecule has 1 aliphatic heterocycles. The number of carbonyl (C=O) groups is 2. The summed E-state index contributed by atoms with van der Waals surface area (Å²) in [4.78, 5) is 25.8. The Balaban J connectivity index is 1.68. The molecule has 1 saturated heterocycles. The van der Waals surface area contributed by atoms with Gasteiger partial charge in [-0.25, -0.2) is 9.08 Å². The Morgan fingerprint density at radius 1 is 1.15 bits per heavy atom. The third-order valence-electron chi connectivity index (χ3n) is 8.45. The predicted molar refractivity (Wildman–Crippen MR) is 175 cm³/mol. The summed E-state index contributed by atoms with van der Waals surface area (Å²) < 4.78 is 44.8. The first-order valence-corrected chi connectivity index (χ1v) is 17.4. The number of hydrogen-bond donors (Lipinski definition) is 3. The number of nitrogens with one attached hydrogen (secondary N) is 1. The van der Waals surface area contributed by atoms with E-state index in [4.69, 9.17) is 29.0 Å². The number of esters is 2.